The van der Waals surface area contributed by atoms with E-state index in [1.54, 1.807) is 12.1 Å². The van der Waals surface area contributed by atoms with Gasteiger partial charge in [-0.15, -0.1) is 12.4 Å². The van der Waals surface area contributed by atoms with Gasteiger partial charge >= 0.3 is 0 Å². The van der Waals surface area contributed by atoms with Crippen molar-refractivity contribution in [2.75, 3.05) is 11.9 Å². The minimum atomic E-state index is -0.596. The maximum atomic E-state index is 12.1. The van der Waals surface area contributed by atoms with Crippen LogP contribution in [0.15, 0.2) is 24.3 Å². The Morgan fingerprint density at radius 2 is 1.91 bits per heavy atom. The zero-order chi connectivity index (χ0) is 16.2. The lowest BCUT2D eigenvalue weighted by molar-refractivity contribution is -0.123. The SMILES string of the molecule is CC(C)(CN)C(=O)Nc1ccc(OC2CCCCC2O)cc1.Cl. The molecule has 0 saturated heterocycles. The fourth-order valence-electron chi connectivity index (χ4n) is 2.40. The number of hydrogen-bond donors (Lipinski definition) is 3. The van der Waals surface area contributed by atoms with Crippen molar-refractivity contribution in [3.63, 3.8) is 0 Å². The topological polar surface area (TPSA) is 84.6 Å². The molecule has 2 rings (SSSR count). The summed E-state index contributed by atoms with van der Waals surface area (Å²) in [5, 5.41) is 12.8. The third kappa shape index (κ3) is 5.37. The highest BCUT2D eigenvalue weighted by atomic mass is 35.5. The maximum absolute atomic E-state index is 12.1. The fraction of sp³-hybridized carbons (Fsp3) is 0.588. The van der Waals surface area contributed by atoms with Crippen LogP contribution < -0.4 is 15.8 Å². The standard InChI is InChI=1S/C17H26N2O3.ClH/c1-17(2,11-18)16(21)19-12-7-9-13(10-8-12)22-15-6-4-3-5-14(15)20;/h7-10,14-15,20H,3-6,11,18H2,1-2H3,(H,19,21);1H. The Bertz CT molecular complexity index is 505. The summed E-state index contributed by atoms with van der Waals surface area (Å²) < 4.78 is 5.83. The van der Waals surface area contributed by atoms with Crippen LogP contribution in [0.5, 0.6) is 5.75 Å². The Balaban J connectivity index is 0.00000264. The first-order valence-corrected chi connectivity index (χ1v) is 7.89. The molecule has 2 unspecified atom stereocenters. The summed E-state index contributed by atoms with van der Waals surface area (Å²) in [4.78, 5) is 12.1. The number of halogens is 1. The average molecular weight is 343 g/mol. The molecule has 1 aliphatic rings. The van der Waals surface area contributed by atoms with Crippen LogP contribution in [0.3, 0.4) is 0 Å². The van der Waals surface area contributed by atoms with E-state index in [9.17, 15) is 9.90 Å². The molecule has 0 aliphatic heterocycles. The van der Waals surface area contributed by atoms with Crippen molar-refractivity contribution in [3.8, 4) is 5.75 Å². The first kappa shape index (κ1) is 19.7. The molecule has 0 heterocycles. The molecule has 0 aromatic heterocycles. The Hall–Kier alpha value is -1.30. The maximum Gasteiger partial charge on any atom is 0.231 e. The number of rotatable bonds is 5. The van der Waals surface area contributed by atoms with Crippen molar-refractivity contribution in [2.45, 2.75) is 51.7 Å². The van der Waals surface area contributed by atoms with Gasteiger partial charge in [0, 0.05) is 12.2 Å². The summed E-state index contributed by atoms with van der Waals surface area (Å²) in [7, 11) is 0. The van der Waals surface area contributed by atoms with Crippen molar-refractivity contribution in [1.29, 1.82) is 0 Å². The minimum absolute atomic E-state index is 0. The van der Waals surface area contributed by atoms with Gasteiger partial charge in [0.05, 0.1) is 11.5 Å². The molecule has 2 atom stereocenters. The molecule has 6 heteroatoms. The lowest BCUT2D eigenvalue weighted by Gasteiger charge is -2.28. The minimum Gasteiger partial charge on any atom is -0.488 e. The van der Waals surface area contributed by atoms with Crippen LogP contribution in [0, 0.1) is 5.41 Å². The van der Waals surface area contributed by atoms with Crippen LogP contribution in [0.25, 0.3) is 0 Å². The van der Waals surface area contributed by atoms with Gasteiger partial charge in [-0.25, -0.2) is 0 Å². The Kier molecular flexibility index (Phi) is 7.32. The molecule has 1 fully saturated rings. The van der Waals surface area contributed by atoms with Crippen molar-refractivity contribution in [2.24, 2.45) is 11.1 Å². The summed E-state index contributed by atoms with van der Waals surface area (Å²) in [6.07, 6.45) is 3.30. The van der Waals surface area contributed by atoms with E-state index in [-0.39, 0.29) is 24.4 Å². The van der Waals surface area contributed by atoms with Gasteiger partial charge in [-0.2, -0.15) is 0 Å². The van der Waals surface area contributed by atoms with Gasteiger partial charge in [0.25, 0.3) is 0 Å². The first-order chi connectivity index (χ1) is 10.4. The van der Waals surface area contributed by atoms with Crippen LogP contribution in [0.1, 0.15) is 39.5 Å². The van der Waals surface area contributed by atoms with Crippen LogP contribution in [0.4, 0.5) is 5.69 Å². The quantitative estimate of drug-likeness (QED) is 0.768. The van der Waals surface area contributed by atoms with Crippen molar-refractivity contribution in [3.05, 3.63) is 24.3 Å². The van der Waals surface area contributed by atoms with Gasteiger partial charge in [-0.05, 0) is 57.4 Å². The molecule has 0 spiro atoms. The number of benzene rings is 1. The van der Waals surface area contributed by atoms with E-state index in [0.29, 0.717) is 18.0 Å². The molecular formula is C17H27ClN2O3. The van der Waals surface area contributed by atoms with E-state index in [1.807, 2.05) is 26.0 Å². The molecule has 23 heavy (non-hydrogen) atoms. The van der Waals surface area contributed by atoms with E-state index >= 15 is 0 Å². The second-order valence-electron chi connectivity index (χ2n) is 6.57. The van der Waals surface area contributed by atoms with Gasteiger partial charge in [-0.3, -0.25) is 4.79 Å². The highest BCUT2D eigenvalue weighted by Gasteiger charge is 2.26. The third-order valence-corrected chi connectivity index (χ3v) is 4.19. The normalized spacial score (nSPS) is 21.2. The van der Waals surface area contributed by atoms with Gasteiger partial charge in [0.1, 0.15) is 11.9 Å². The second-order valence-corrected chi connectivity index (χ2v) is 6.57. The number of aliphatic hydroxyl groups is 1. The van der Waals surface area contributed by atoms with E-state index in [0.717, 1.165) is 25.7 Å². The van der Waals surface area contributed by atoms with Crippen LogP contribution in [0.2, 0.25) is 0 Å². The summed E-state index contributed by atoms with van der Waals surface area (Å²) in [5.41, 5.74) is 5.71. The summed E-state index contributed by atoms with van der Waals surface area (Å²) in [6.45, 7) is 3.91. The number of nitrogens with one attached hydrogen (secondary N) is 1. The predicted octanol–water partition coefficient (Wildman–Crippen LogP) is 2.71. The highest BCUT2D eigenvalue weighted by molar-refractivity contribution is 5.95. The Morgan fingerprint density at radius 3 is 2.48 bits per heavy atom. The molecule has 1 aromatic rings. The lowest BCUT2D eigenvalue weighted by atomic mass is 9.92. The van der Waals surface area contributed by atoms with E-state index < -0.39 is 11.5 Å². The number of carbonyl (C=O) groups excluding carboxylic acids is 1. The van der Waals surface area contributed by atoms with Crippen molar-refractivity contribution < 1.29 is 14.6 Å². The molecule has 1 saturated carbocycles. The number of carbonyl (C=O) groups is 1. The predicted molar refractivity (Wildman–Crippen MR) is 94.0 cm³/mol. The first-order valence-electron chi connectivity index (χ1n) is 7.89. The van der Waals surface area contributed by atoms with Gasteiger partial charge < -0.3 is 20.9 Å². The molecule has 4 N–H and O–H groups in total. The van der Waals surface area contributed by atoms with Crippen LogP contribution in [-0.4, -0.2) is 29.8 Å². The molecule has 0 bridgehead atoms. The largest absolute Gasteiger partial charge is 0.488 e. The number of ether oxygens (including phenoxy) is 1. The summed E-state index contributed by atoms with van der Waals surface area (Å²) in [6, 6.07) is 7.23. The molecule has 5 nitrogen and oxygen atoms in total. The van der Waals surface area contributed by atoms with Crippen LogP contribution in [-0.2, 0) is 4.79 Å². The number of hydrogen-bond acceptors (Lipinski definition) is 4. The summed E-state index contributed by atoms with van der Waals surface area (Å²) in [5.74, 6) is 0.605. The average Bonchev–Trinajstić information content (AvgIpc) is 2.51. The van der Waals surface area contributed by atoms with E-state index in [4.69, 9.17) is 10.5 Å². The zero-order valence-electron chi connectivity index (χ0n) is 13.7. The van der Waals surface area contributed by atoms with Gasteiger partial charge in [0.2, 0.25) is 5.91 Å². The monoisotopic (exact) mass is 342 g/mol. The molecular weight excluding hydrogens is 316 g/mol. The number of aliphatic hydroxyl groups excluding tert-OH is 1. The highest BCUT2D eigenvalue weighted by Crippen LogP contribution is 2.25. The summed E-state index contributed by atoms with van der Waals surface area (Å²) >= 11 is 0. The number of nitrogens with two attached hydrogens (primary N) is 1. The number of anilines is 1. The Labute approximate surface area is 144 Å². The second kappa shape index (κ2) is 8.52. The van der Waals surface area contributed by atoms with E-state index in [2.05, 4.69) is 5.32 Å². The Morgan fingerprint density at radius 1 is 1.30 bits per heavy atom. The smallest absolute Gasteiger partial charge is 0.231 e. The van der Waals surface area contributed by atoms with Crippen molar-refractivity contribution >= 4 is 24.0 Å². The zero-order valence-corrected chi connectivity index (χ0v) is 14.6. The fourth-order valence-corrected chi connectivity index (χ4v) is 2.40. The third-order valence-electron chi connectivity index (χ3n) is 4.19. The lowest BCUT2D eigenvalue weighted by Crippen LogP contribution is -2.37. The van der Waals surface area contributed by atoms with Gasteiger partial charge in [0.15, 0.2) is 0 Å². The molecule has 0 radical (unpaired) electrons. The van der Waals surface area contributed by atoms with Gasteiger partial charge in [-0.1, -0.05) is 6.42 Å². The molecule has 1 amide bonds. The number of amides is 1. The van der Waals surface area contributed by atoms with Crippen molar-refractivity contribution in [1.82, 2.24) is 0 Å². The van der Waals surface area contributed by atoms with Crippen LogP contribution >= 0.6 is 12.4 Å². The molecule has 130 valence electrons. The molecule has 1 aliphatic carbocycles. The van der Waals surface area contributed by atoms with E-state index in [1.165, 1.54) is 0 Å². The molecule has 1 aromatic carbocycles.